The minimum absolute atomic E-state index is 0.0125. The lowest BCUT2D eigenvalue weighted by Gasteiger charge is -2.20. The first-order valence-corrected chi connectivity index (χ1v) is 12.1. The number of hydrazone groups is 1. The third kappa shape index (κ3) is 4.33. The Hall–Kier alpha value is -3.91. The fourth-order valence-electron chi connectivity index (χ4n) is 4.27. The normalized spacial score (nSPS) is 16.5. The quantitative estimate of drug-likeness (QED) is 0.492. The zero-order valence-electron chi connectivity index (χ0n) is 20.0. The van der Waals surface area contributed by atoms with Crippen molar-refractivity contribution >= 4 is 39.8 Å². The van der Waals surface area contributed by atoms with Crippen LogP contribution < -0.4 is 4.74 Å². The molecule has 3 heterocycles. The van der Waals surface area contributed by atoms with Gasteiger partial charge < -0.3 is 9.30 Å². The van der Waals surface area contributed by atoms with Crippen molar-refractivity contribution in [2.45, 2.75) is 27.7 Å². The lowest BCUT2D eigenvalue weighted by atomic mass is 10.1. The van der Waals surface area contributed by atoms with Gasteiger partial charge in [-0.15, -0.1) is 0 Å². The number of aryl methyl sites for hydroxylation is 3. The molecule has 3 aromatic rings. The zero-order chi connectivity index (χ0) is 24.7. The van der Waals surface area contributed by atoms with Gasteiger partial charge in [0.05, 0.1) is 5.57 Å². The van der Waals surface area contributed by atoms with E-state index in [9.17, 15) is 4.79 Å². The van der Waals surface area contributed by atoms with E-state index in [1.165, 1.54) is 27.9 Å². The highest BCUT2D eigenvalue weighted by Gasteiger charge is 2.36. The van der Waals surface area contributed by atoms with Crippen molar-refractivity contribution in [2.24, 2.45) is 10.1 Å². The average Bonchev–Trinajstić information content (AvgIpc) is 3.36. The molecule has 0 spiro atoms. The van der Waals surface area contributed by atoms with Crippen molar-refractivity contribution in [2.75, 3.05) is 6.61 Å². The van der Waals surface area contributed by atoms with Crippen LogP contribution in [0.25, 0.3) is 11.8 Å². The summed E-state index contributed by atoms with van der Waals surface area (Å²) in [7, 11) is 0. The number of hydrogen-bond donors (Lipinski definition) is 1. The smallest absolute Gasteiger partial charge is 0.283 e. The number of amides is 1. The predicted octanol–water partition coefficient (Wildman–Crippen LogP) is 5.41. The molecular formula is C27H25N5O2S. The number of hydrogen-bond acceptors (Lipinski definition) is 5. The summed E-state index contributed by atoms with van der Waals surface area (Å²) in [4.78, 5) is 17.1. The summed E-state index contributed by atoms with van der Waals surface area (Å²) in [6.07, 6.45) is 1.74. The Morgan fingerprint density at radius 3 is 2.57 bits per heavy atom. The second kappa shape index (κ2) is 9.03. The van der Waals surface area contributed by atoms with E-state index in [0.29, 0.717) is 10.2 Å². The maximum absolute atomic E-state index is 12.9. The van der Waals surface area contributed by atoms with Crippen LogP contribution in [-0.4, -0.2) is 38.1 Å². The third-order valence-corrected chi connectivity index (χ3v) is 6.85. The Balaban J connectivity index is 1.42. The maximum Gasteiger partial charge on any atom is 0.283 e. The fraction of sp³-hybridized carbons (Fsp3) is 0.185. The van der Waals surface area contributed by atoms with Crippen LogP contribution in [-0.2, 0) is 4.79 Å². The maximum atomic E-state index is 12.9. The largest absolute Gasteiger partial charge is 0.487 e. The van der Waals surface area contributed by atoms with Crippen LogP contribution in [0.15, 0.2) is 70.3 Å². The molecule has 0 radical (unpaired) electrons. The molecule has 5 rings (SSSR count). The molecule has 1 N–H and O–H groups in total. The Labute approximate surface area is 208 Å². The number of thioether (sulfide) groups is 1. The Morgan fingerprint density at radius 1 is 1.06 bits per heavy atom. The summed E-state index contributed by atoms with van der Waals surface area (Å²) >= 11 is 1.25. The monoisotopic (exact) mass is 483 g/mol. The molecule has 0 saturated heterocycles. The van der Waals surface area contributed by atoms with Gasteiger partial charge in [0.25, 0.3) is 5.91 Å². The topological polar surface area (TPSA) is 83.0 Å². The molecule has 0 unspecified atom stereocenters. The second-order valence-electron chi connectivity index (χ2n) is 8.57. The molecule has 0 saturated carbocycles. The summed E-state index contributed by atoms with van der Waals surface area (Å²) in [5, 5.41) is 15.6. The zero-order valence-corrected chi connectivity index (χ0v) is 20.8. The Bertz CT molecular complexity index is 1450. The van der Waals surface area contributed by atoms with Crippen molar-refractivity contribution in [3.8, 4) is 11.4 Å². The van der Waals surface area contributed by atoms with E-state index < -0.39 is 5.91 Å². The SMILES string of the molecule is Cc1ccc(-n2c(C)cc(C=C3C(=N)N4N=C(COc5ccccc5)SC4=NC3=O)c2C)c(C)c1. The van der Waals surface area contributed by atoms with Crippen LogP contribution >= 0.6 is 11.8 Å². The highest BCUT2D eigenvalue weighted by Crippen LogP contribution is 2.30. The van der Waals surface area contributed by atoms with Gasteiger partial charge in [0.2, 0.25) is 5.17 Å². The molecule has 2 aromatic carbocycles. The number of ether oxygens (including phenoxy) is 1. The number of para-hydroxylation sites is 1. The molecule has 8 heteroatoms. The van der Waals surface area contributed by atoms with Gasteiger partial charge in [-0.05, 0) is 80.9 Å². The highest BCUT2D eigenvalue weighted by atomic mass is 32.2. The molecule has 35 heavy (non-hydrogen) atoms. The number of nitrogens with zero attached hydrogens (tertiary/aromatic N) is 4. The standard InChI is InChI=1S/C27H25N5O2S/c1-16-10-11-23(17(2)12-16)31-18(3)13-20(19(31)4)14-22-25(28)32-27(29-26(22)33)35-24(30-32)15-34-21-8-6-5-7-9-21/h5-14,28H,15H2,1-4H3. The van der Waals surface area contributed by atoms with Gasteiger partial charge in [-0.1, -0.05) is 35.9 Å². The molecule has 0 fully saturated rings. The minimum Gasteiger partial charge on any atom is -0.487 e. The molecule has 2 aliphatic heterocycles. The van der Waals surface area contributed by atoms with Gasteiger partial charge in [-0.2, -0.15) is 15.1 Å². The van der Waals surface area contributed by atoms with E-state index in [4.69, 9.17) is 10.1 Å². The Kier molecular flexibility index (Phi) is 5.90. The highest BCUT2D eigenvalue weighted by molar-refractivity contribution is 8.27. The summed E-state index contributed by atoms with van der Waals surface area (Å²) in [5.41, 5.74) is 6.62. The first-order valence-electron chi connectivity index (χ1n) is 11.3. The van der Waals surface area contributed by atoms with Gasteiger partial charge in [0, 0.05) is 17.1 Å². The first kappa shape index (κ1) is 22.9. The van der Waals surface area contributed by atoms with Crippen molar-refractivity contribution in [3.63, 3.8) is 0 Å². The molecule has 7 nitrogen and oxygen atoms in total. The number of carbonyl (C=O) groups is 1. The van der Waals surface area contributed by atoms with Gasteiger partial charge in [-0.3, -0.25) is 10.2 Å². The molecule has 0 atom stereocenters. The van der Waals surface area contributed by atoms with Crippen molar-refractivity contribution in [1.29, 1.82) is 5.41 Å². The lowest BCUT2D eigenvalue weighted by molar-refractivity contribution is -0.114. The van der Waals surface area contributed by atoms with Crippen LogP contribution in [0.4, 0.5) is 0 Å². The number of amidine groups is 2. The van der Waals surface area contributed by atoms with E-state index in [-0.39, 0.29) is 18.0 Å². The van der Waals surface area contributed by atoms with E-state index in [0.717, 1.165) is 28.4 Å². The molecule has 1 aromatic heterocycles. The number of carbonyl (C=O) groups excluding carboxylic acids is 1. The van der Waals surface area contributed by atoms with Crippen molar-refractivity contribution < 1.29 is 9.53 Å². The Morgan fingerprint density at radius 2 is 1.83 bits per heavy atom. The number of benzene rings is 2. The molecule has 0 aliphatic carbocycles. The van der Waals surface area contributed by atoms with Gasteiger partial charge >= 0.3 is 0 Å². The van der Waals surface area contributed by atoms with Crippen LogP contribution in [0, 0.1) is 33.1 Å². The molecule has 0 bridgehead atoms. The van der Waals surface area contributed by atoms with Crippen LogP contribution in [0.2, 0.25) is 0 Å². The fourth-order valence-corrected chi connectivity index (χ4v) is 5.07. The van der Waals surface area contributed by atoms with Crippen LogP contribution in [0.3, 0.4) is 0 Å². The molecule has 1 amide bonds. The van der Waals surface area contributed by atoms with Gasteiger partial charge in [0.15, 0.2) is 5.84 Å². The number of rotatable bonds is 5. The van der Waals surface area contributed by atoms with E-state index >= 15 is 0 Å². The van der Waals surface area contributed by atoms with Crippen LogP contribution in [0.1, 0.15) is 28.1 Å². The summed E-state index contributed by atoms with van der Waals surface area (Å²) in [5.74, 6) is 0.303. The predicted molar refractivity (Wildman–Crippen MR) is 142 cm³/mol. The van der Waals surface area contributed by atoms with E-state index in [1.807, 2.05) is 50.2 Å². The summed E-state index contributed by atoms with van der Waals surface area (Å²) in [6, 6.07) is 17.8. The second-order valence-corrected chi connectivity index (χ2v) is 9.61. The van der Waals surface area contributed by atoms with Crippen LogP contribution in [0.5, 0.6) is 5.75 Å². The number of aliphatic imine (C=N–C) groups is 1. The van der Waals surface area contributed by atoms with Gasteiger partial charge in [-0.25, -0.2) is 0 Å². The van der Waals surface area contributed by atoms with Gasteiger partial charge in [0.1, 0.15) is 17.4 Å². The van der Waals surface area contributed by atoms with E-state index in [2.05, 4.69) is 46.7 Å². The molecule has 2 aliphatic rings. The molecule has 176 valence electrons. The van der Waals surface area contributed by atoms with E-state index in [1.54, 1.807) is 6.08 Å². The van der Waals surface area contributed by atoms with Crippen molar-refractivity contribution in [3.05, 3.63) is 88.2 Å². The first-order chi connectivity index (χ1) is 16.8. The number of nitrogens with one attached hydrogen (secondary N) is 1. The number of fused-ring (bicyclic) bond motifs is 1. The van der Waals surface area contributed by atoms with Crippen molar-refractivity contribution in [1.82, 2.24) is 9.58 Å². The molecular weight excluding hydrogens is 458 g/mol. The summed E-state index contributed by atoms with van der Waals surface area (Å²) in [6.45, 7) is 8.47. The lowest BCUT2D eigenvalue weighted by Crippen LogP contribution is -2.35. The number of aromatic nitrogens is 1. The third-order valence-electron chi connectivity index (χ3n) is 5.97. The average molecular weight is 484 g/mol. The minimum atomic E-state index is -0.439. The summed E-state index contributed by atoms with van der Waals surface area (Å²) < 4.78 is 7.94.